The molecule has 5 rings (SSSR count). The van der Waals surface area contributed by atoms with Crippen LogP contribution in [0.25, 0.3) is 38.4 Å². The second-order valence-electron chi connectivity index (χ2n) is 6.83. The van der Waals surface area contributed by atoms with Gasteiger partial charge in [-0.15, -0.1) is 21.5 Å². The summed E-state index contributed by atoms with van der Waals surface area (Å²) in [6.45, 7) is 0.398. The quantitative estimate of drug-likeness (QED) is 0.422. The molecule has 8 nitrogen and oxygen atoms in total. The number of ether oxygens (including phenoxy) is 1. The van der Waals surface area contributed by atoms with Gasteiger partial charge in [0.15, 0.2) is 0 Å². The van der Waals surface area contributed by atoms with Crippen LogP contribution in [-0.4, -0.2) is 48.2 Å². The van der Waals surface area contributed by atoms with Crippen molar-refractivity contribution >= 4 is 43.8 Å². The Kier molecular flexibility index (Phi) is 5.18. The number of methoxy groups -OCH3 is 1. The predicted molar refractivity (Wildman–Crippen MR) is 122 cm³/mol. The maximum absolute atomic E-state index is 12.8. The summed E-state index contributed by atoms with van der Waals surface area (Å²) in [6, 6.07) is 12.0. The van der Waals surface area contributed by atoms with E-state index < -0.39 is 10.8 Å². The highest BCUT2D eigenvalue weighted by Gasteiger charge is 2.21. The molecule has 1 atom stereocenters. The Morgan fingerprint density at radius 2 is 2.06 bits per heavy atom. The smallest absolute Gasteiger partial charge is 0.254 e. The molecular weight excluding hydrogens is 432 g/mol. The number of benzene rings is 1. The van der Waals surface area contributed by atoms with Gasteiger partial charge < -0.3 is 10.5 Å². The van der Waals surface area contributed by atoms with Crippen molar-refractivity contribution in [3.63, 3.8) is 0 Å². The highest BCUT2D eigenvalue weighted by Crippen LogP contribution is 2.42. The minimum absolute atomic E-state index is 0.384. The molecule has 5 aromatic rings. The number of nitrogen functional groups attached to an aromatic ring is 1. The zero-order valence-electron chi connectivity index (χ0n) is 16.6. The zero-order valence-corrected chi connectivity index (χ0v) is 18.2. The molecule has 0 aliphatic carbocycles. The summed E-state index contributed by atoms with van der Waals surface area (Å²) in [5.41, 5.74) is 10.5. The lowest BCUT2D eigenvalue weighted by Crippen LogP contribution is -2.04. The molecule has 0 saturated heterocycles. The van der Waals surface area contributed by atoms with Crippen LogP contribution in [0.5, 0.6) is 0 Å². The van der Waals surface area contributed by atoms with Crippen molar-refractivity contribution in [3.8, 4) is 22.4 Å². The van der Waals surface area contributed by atoms with Crippen molar-refractivity contribution < 1.29 is 8.95 Å². The standard InChI is InChI=1S/C21H18N6O2S2/c1-29-7-8-31(28)20-18(22)17-15(13-5-3-2-4-6-13)9-16(25-19(17)30-20)14-10-23-21-26-24-12-27(21)11-14/h2-6,9-12H,7-8,22H2,1H3/t31-/m1/s1. The second kappa shape index (κ2) is 8.14. The molecule has 0 aliphatic heterocycles. The summed E-state index contributed by atoms with van der Waals surface area (Å²) in [4.78, 5) is 9.93. The highest BCUT2D eigenvalue weighted by molar-refractivity contribution is 7.87. The molecule has 156 valence electrons. The van der Waals surface area contributed by atoms with Crippen LogP contribution in [0.3, 0.4) is 0 Å². The van der Waals surface area contributed by atoms with Crippen molar-refractivity contribution in [3.05, 3.63) is 55.1 Å². The fourth-order valence-corrected chi connectivity index (χ4v) is 5.94. The fourth-order valence-electron chi connectivity index (χ4n) is 3.38. The van der Waals surface area contributed by atoms with Crippen LogP contribution in [0, 0.1) is 0 Å². The molecule has 0 aliphatic rings. The zero-order chi connectivity index (χ0) is 21.4. The fraction of sp³-hybridized carbons (Fsp3) is 0.143. The molecule has 0 bridgehead atoms. The number of rotatable bonds is 6. The normalized spacial score (nSPS) is 12.5. The molecule has 0 amide bonds. The van der Waals surface area contributed by atoms with E-state index in [4.69, 9.17) is 15.5 Å². The summed E-state index contributed by atoms with van der Waals surface area (Å²) >= 11 is 1.36. The number of hydrogen-bond donors (Lipinski definition) is 1. The van der Waals surface area contributed by atoms with E-state index in [1.807, 2.05) is 42.6 Å². The molecule has 31 heavy (non-hydrogen) atoms. The third-order valence-electron chi connectivity index (χ3n) is 4.88. The van der Waals surface area contributed by atoms with Gasteiger partial charge in [0, 0.05) is 30.5 Å². The topological polar surface area (TPSA) is 108 Å². The molecule has 10 heteroatoms. The molecule has 1 aromatic carbocycles. The van der Waals surface area contributed by atoms with Crippen LogP contribution in [-0.2, 0) is 15.5 Å². The molecule has 0 radical (unpaired) electrons. The Morgan fingerprint density at radius 3 is 2.87 bits per heavy atom. The second-order valence-corrected chi connectivity index (χ2v) is 9.59. The number of aromatic nitrogens is 5. The van der Waals surface area contributed by atoms with Gasteiger partial charge in [0.05, 0.1) is 34.5 Å². The molecular formula is C21H18N6O2S2. The maximum Gasteiger partial charge on any atom is 0.254 e. The van der Waals surface area contributed by atoms with Crippen LogP contribution >= 0.6 is 11.3 Å². The van der Waals surface area contributed by atoms with Gasteiger partial charge in [-0.05, 0) is 17.2 Å². The van der Waals surface area contributed by atoms with Crippen molar-refractivity contribution in [1.82, 2.24) is 24.6 Å². The average Bonchev–Trinajstić information content (AvgIpc) is 3.41. The van der Waals surface area contributed by atoms with Crippen molar-refractivity contribution in [2.45, 2.75) is 4.21 Å². The Morgan fingerprint density at radius 1 is 1.23 bits per heavy atom. The first kappa shape index (κ1) is 19.7. The molecule has 0 unspecified atom stereocenters. The third kappa shape index (κ3) is 3.58. The van der Waals surface area contributed by atoms with Gasteiger partial charge in [0.2, 0.25) is 0 Å². The molecule has 2 N–H and O–H groups in total. The van der Waals surface area contributed by atoms with E-state index in [9.17, 15) is 4.21 Å². The predicted octanol–water partition coefficient (Wildman–Crippen LogP) is 3.40. The monoisotopic (exact) mass is 450 g/mol. The molecule has 4 heterocycles. The number of hydrogen-bond acceptors (Lipinski definition) is 8. The molecule has 4 aromatic heterocycles. The molecule has 0 saturated carbocycles. The van der Waals surface area contributed by atoms with Crippen molar-refractivity contribution in [1.29, 1.82) is 0 Å². The number of pyridine rings is 1. The Hall–Kier alpha value is -3.21. The first-order valence-electron chi connectivity index (χ1n) is 9.47. The van der Waals surface area contributed by atoms with Gasteiger partial charge >= 0.3 is 0 Å². The van der Waals surface area contributed by atoms with E-state index in [1.165, 1.54) is 11.3 Å². The number of thiophene rings is 1. The average molecular weight is 451 g/mol. The van der Waals surface area contributed by atoms with Crippen LogP contribution in [0.1, 0.15) is 0 Å². The minimum Gasteiger partial charge on any atom is -0.396 e. The van der Waals surface area contributed by atoms with Crippen LogP contribution in [0.15, 0.2) is 59.3 Å². The van der Waals surface area contributed by atoms with E-state index in [0.29, 0.717) is 28.0 Å². The van der Waals surface area contributed by atoms with E-state index in [-0.39, 0.29) is 0 Å². The number of anilines is 1. The summed E-state index contributed by atoms with van der Waals surface area (Å²) < 4.78 is 20.3. The summed E-state index contributed by atoms with van der Waals surface area (Å²) in [7, 11) is 0.330. The summed E-state index contributed by atoms with van der Waals surface area (Å²) in [5.74, 6) is 0.902. The van der Waals surface area contributed by atoms with Gasteiger partial charge in [0.1, 0.15) is 15.4 Å². The number of nitrogens with two attached hydrogens (primary N) is 1. The summed E-state index contributed by atoms with van der Waals surface area (Å²) in [6.07, 6.45) is 5.21. The van der Waals surface area contributed by atoms with Crippen molar-refractivity contribution in [2.24, 2.45) is 0 Å². The molecule has 0 fully saturated rings. The van der Waals surface area contributed by atoms with E-state index in [1.54, 1.807) is 24.0 Å². The van der Waals surface area contributed by atoms with Crippen molar-refractivity contribution in [2.75, 3.05) is 25.2 Å². The lowest BCUT2D eigenvalue weighted by atomic mass is 10.0. The van der Waals surface area contributed by atoms with Crippen LogP contribution < -0.4 is 5.73 Å². The van der Waals surface area contributed by atoms with Gasteiger partial charge in [-0.1, -0.05) is 30.3 Å². The summed E-state index contributed by atoms with van der Waals surface area (Å²) in [5, 5.41) is 8.65. The maximum atomic E-state index is 12.8. The van der Waals surface area contributed by atoms with Crippen LogP contribution in [0.4, 0.5) is 5.69 Å². The van der Waals surface area contributed by atoms with Gasteiger partial charge in [0.25, 0.3) is 5.78 Å². The van der Waals surface area contributed by atoms with E-state index >= 15 is 0 Å². The Bertz CT molecular complexity index is 1410. The Balaban J connectivity index is 1.73. The first-order valence-corrected chi connectivity index (χ1v) is 11.6. The lowest BCUT2D eigenvalue weighted by molar-refractivity contribution is 0.218. The van der Waals surface area contributed by atoms with E-state index in [2.05, 4.69) is 15.2 Å². The molecule has 0 spiro atoms. The van der Waals surface area contributed by atoms with Gasteiger partial charge in [-0.2, -0.15) is 0 Å². The number of nitrogens with zero attached hydrogens (tertiary/aromatic N) is 5. The highest BCUT2D eigenvalue weighted by atomic mass is 32.2. The third-order valence-corrected chi connectivity index (χ3v) is 7.75. The Labute approximate surface area is 184 Å². The van der Waals surface area contributed by atoms with Gasteiger partial charge in [-0.3, -0.25) is 8.61 Å². The largest absolute Gasteiger partial charge is 0.396 e. The SMILES string of the molecule is COCC[S@@](=O)c1sc2nc(-c3cnc4nncn4c3)cc(-c3ccccc3)c2c1N. The van der Waals surface area contributed by atoms with Gasteiger partial charge in [-0.25, -0.2) is 9.97 Å². The van der Waals surface area contributed by atoms with Crippen LogP contribution in [0.2, 0.25) is 0 Å². The minimum atomic E-state index is -1.26. The lowest BCUT2D eigenvalue weighted by Gasteiger charge is -2.09. The number of fused-ring (bicyclic) bond motifs is 2. The van der Waals surface area contributed by atoms with E-state index in [0.717, 1.165) is 32.6 Å². The first-order chi connectivity index (χ1) is 15.2.